The van der Waals surface area contributed by atoms with Gasteiger partial charge in [-0.25, -0.2) is 0 Å². The summed E-state index contributed by atoms with van der Waals surface area (Å²) in [5.74, 6) is 0.652. The Balaban J connectivity index is 2.17. The van der Waals surface area contributed by atoms with E-state index in [0.29, 0.717) is 31.2 Å². The molecule has 0 aliphatic rings. The summed E-state index contributed by atoms with van der Waals surface area (Å²) in [6.07, 6.45) is 0.530. The molecule has 0 aliphatic heterocycles. The van der Waals surface area contributed by atoms with Crippen molar-refractivity contribution >= 4 is 11.8 Å². The normalized spacial score (nSPS) is 12.4. The lowest BCUT2D eigenvalue weighted by atomic mass is 9.87. The van der Waals surface area contributed by atoms with Crippen LogP contribution >= 0.6 is 0 Å². The summed E-state index contributed by atoms with van der Waals surface area (Å²) in [5.41, 5.74) is 3.39. The van der Waals surface area contributed by atoms with Crippen molar-refractivity contribution in [1.29, 1.82) is 0 Å². The number of nitrogens with one attached hydrogen (secondary N) is 1. The van der Waals surface area contributed by atoms with Gasteiger partial charge in [-0.1, -0.05) is 83.5 Å². The van der Waals surface area contributed by atoms with Gasteiger partial charge >= 0.3 is 0 Å². The molecule has 0 saturated carbocycles. The Labute approximate surface area is 199 Å². The van der Waals surface area contributed by atoms with E-state index in [1.165, 1.54) is 5.56 Å². The molecule has 2 aromatic rings. The van der Waals surface area contributed by atoms with Crippen LogP contribution in [0.3, 0.4) is 0 Å². The monoisotopic (exact) mass is 452 g/mol. The van der Waals surface area contributed by atoms with E-state index in [2.05, 4.69) is 39.9 Å². The van der Waals surface area contributed by atoms with E-state index in [-0.39, 0.29) is 23.8 Å². The molecule has 5 heteroatoms. The van der Waals surface area contributed by atoms with Crippen molar-refractivity contribution in [3.63, 3.8) is 0 Å². The van der Waals surface area contributed by atoms with E-state index in [1.54, 1.807) is 4.90 Å². The van der Waals surface area contributed by atoms with Crippen LogP contribution in [0.15, 0.2) is 48.5 Å². The third-order valence-corrected chi connectivity index (χ3v) is 5.63. The highest BCUT2D eigenvalue weighted by Gasteiger charge is 2.29. The Hall–Kier alpha value is -2.82. The van der Waals surface area contributed by atoms with Crippen LogP contribution in [0.4, 0.5) is 0 Å². The Morgan fingerprint density at radius 1 is 1.00 bits per heavy atom. The fourth-order valence-electron chi connectivity index (χ4n) is 3.51. The first-order chi connectivity index (χ1) is 15.5. The molecule has 0 saturated heterocycles. The van der Waals surface area contributed by atoms with Crippen molar-refractivity contribution in [3.8, 4) is 5.75 Å². The third kappa shape index (κ3) is 8.23. The number of amides is 2. The first kappa shape index (κ1) is 26.4. The van der Waals surface area contributed by atoms with Gasteiger partial charge in [0.1, 0.15) is 11.8 Å². The van der Waals surface area contributed by atoms with Gasteiger partial charge in [-0.2, -0.15) is 0 Å². The lowest BCUT2D eigenvalue weighted by Crippen LogP contribution is -2.50. The molecule has 1 N–H and O–H groups in total. The summed E-state index contributed by atoms with van der Waals surface area (Å²) in [6.45, 7) is 15.4. The van der Waals surface area contributed by atoms with Crippen molar-refractivity contribution in [1.82, 2.24) is 10.2 Å². The standard InChI is InChI=1S/C28H40N2O3/c1-8-25(27(32)29-17-20(2)3)30(18-22-11-9-21(4)10-12-22)26(31)19-33-24-15-13-23(14-16-24)28(5,6)7/h9-16,20,25H,8,17-19H2,1-7H3,(H,29,32). The molecule has 0 spiro atoms. The number of nitrogens with zero attached hydrogens (tertiary/aromatic N) is 1. The fourth-order valence-corrected chi connectivity index (χ4v) is 3.51. The zero-order valence-electron chi connectivity index (χ0n) is 21.3. The molecule has 0 aliphatic carbocycles. The molecule has 1 unspecified atom stereocenters. The van der Waals surface area contributed by atoms with Crippen LogP contribution in [-0.4, -0.2) is 35.9 Å². The van der Waals surface area contributed by atoms with E-state index in [4.69, 9.17) is 4.74 Å². The van der Waals surface area contributed by atoms with Crippen LogP contribution < -0.4 is 10.1 Å². The van der Waals surface area contributed by atoms with Gasteiger partial charge in [-0.05, 0) is 47.9 Å². The maximum Gasteiger partial charge on any atom is 0.261 e. The fraction of sp³-hybridized carbons (Fsp3) is 0.500. The summed E-state index contributed by atoms with van der Waals surface area (Å²) in [6, 6.07) is 15.3. The van der Waals surface area contributed by atoms with Gasteiger partial charge in [0.25, 0.3) is 5.91 Å². The molecule has 1 atom stereocenters. The van der Waals surface area contributed by atoms with Crippen molar-refractivity contribution in [2.24, 2.45) is 5.92 Å². The van der Waals surface area contributed by atoms with E-state index in [1.807, 2.05) is 62.4 Å². The minimum atomic E-state index is -0.551. The Bertz CT molecular complexity index is 896. The second kappa shape index (κ2) is 11.9. The highest BCUT2D eigenvalue weighted by atomic mass is 16.5. The molecule has 0 fully saturated rings. The maximum absolute atomic E-state index is 13.3. The summed E-state index contributed by atoms with van der Waals surface area (Å²) in [5, 5.41) is 2.98. The zero-order valence-corrected chi connectivity index (χ0v) is 21.3. The molecular formula is C28H40N2O3. The summed E-state index contributed by atoms with van der Waals surface area (Å²) >= 11 is 0. The van der Waals surface area contributed by atoms with Gasteiger partial charge < -0.3 is 15.0 Å². The highest BCUT2D eigenvalue weighted by Crippen LogP contribution is 2.24. The predicted octanol–water partition coefficient (Wildman–Crippen LogP) is 5.25. The quantitative estimate of drug-likeness (QED) is 0.536. The molecule has 2 amide bonds. The number of carbonyl (C=O) groups is 2. The lowest BCUT2D eigenvalue weighted by molar-refractivity contribution is -0.143. The number of hydrogen-bond acceptors (Lipinski definition) is 3. The predicted molar refractivity (Wildman–Crippen MR) is 134 cm³/mol. The summed E-state index contributed by atoms with van der Waals surface area (Å²) in [4.78, 5) is 27.8. The average molecular weight is 453 g/mol. The molecule has 0 bridgehead atoms. The topological polar surface area (TPSA) is 58.6 Å². The molecule has 180 valence electrons. The second-order valence-electron chi connectivity index (χ2n) is 10.1. The molecule has 0 heterocycles. The number of ether oxygens (including phenoxy) is 1. The Morgan fingerprint density at radius 3 is 2.12 bits per heavy atom. The molecule has 2 aromatic carbocycles. The average Bonchev–Trinajstić information content (AvgIpc) is 2.76. The molecule has 2 rings (SSSR count). The first-order valence-electron chi connectivity index (χ1n) is 11.9. The van der Waals surface area contributed by atoms with Crippen molar-refractivity contribution < 1.29 is 14.3 Å². The van der Waals surface area contributed by atoms with Crippen molar-refractivity contribution in [3.05, 3.63) is 65.2 Å². The number of carbonyl (C=O) groups excluding carboxylic acids is 2. The minimum Gasteiger partial charge on any atom is -0.484 e. The van der Waals surface area contributed by atoms with Gasteiger partial charge in [-0.15, -0.1) is 0 Å². The molecule has 5 nitrogen and oxygen atoms in total. The SMILES string of the molecule is CCC(C(=O)NCC(C)C)N(Cc1ccc(C)cc1)C(=O)COc1ccc(C(C)(C)C)cc1. The minimum absolute atomic E-state index is 0.0525. The zero-order chi connectivity index (χ0) is 24.6. The van der Waals surface area contributed by atoms with Gasteiger partial charge in [0.15, 0.2) is 6.61 Å². The van der Waals surface area contributed by atoms with E-state index in [0.717, 1.165) is 11.1 Å². The number of hydrogen-bond donors (Lipinski definition) is 1. The van der Waals surface area contributed by atoms with Crippen molar-refractivity contribution in [2.45, 2.75) is 72.9 Å². The van der Waals surface area contributed by atoms with Gasteiger partial charge in [-0.3, -0.25) is 9.59 Å². The smallest absolute Gasteiger partial charge is 0.261 e. The molecule has 0 radical (unpaired) electrons. The van der Waals surface area contributed by atoms with E-state index >= 15 is 0 Å². The van der Waals surface area contributed by atoms with Crippen LogP contribution in [0, 0.1) is 12.8 Å². The number of benzene rings is 2. The summed E-state index contributed by atoms with van der Waals surface area (Å²) in [7, 11) is 0. The van der Waals surface area contributed by atoms with Gasteiger partial charge in [0.05, 0.1) is 0 Å². The highest BCUT2D eigenvalue weighted by molar-refractivity contribution is 5.88. The molecule has 0 aromatic heterocycles. The van der Waals surface area contributed by atoms with E-state index < -0.39 is 6.04 Å². The number of rotatable bonds is 10. The summed E-state index contributed by atoms with van der Waals surface area (Å²) < 4.78 is 5.82. The first-order valence-corrected chi connectivity index (χ1v) is 11.9. The largest absolute Gasteiger partial charge is 0.484 e. The van der Waals surface area contributed by atoms with Gasteiger partial charge in [0, 0.05) is 13.1 Å². The Kier molecular flexibility index (Phi) is 9.51. The van der Waals surface area contributed by atoms with E-state index in [9.17, 15) is 9.59 Å². The van der Waals surface area contributed by atoms with Crippen LogP contribution in [0.2, 0.25) is 0 Å². The van der Waals surface area contributed by atoms with Crippen molar-refractivity contribution in [2.75, 3.05) is 13.2 Å². The number of aryl methyl sites for hydroxylation is 1. The van der Waals surface area contributed by atoms with Crippen LogP contribution in [0.5, 0.6) is 5.75 Å². The van der Waals surface area contributed by atoms with Crippen LogP contribution in [0.1, 0.15) is 64.7 Å². The maximum atomic E-state index is 13.3. The molecule has 33 heavy (non-hydrogen) atoms. The van der Waals surface area contributed by atoms with Crippen LogP contribution in [-0.2, 0) is 21.5 Å². The lowest BCUT2D eigenvalue weighted by Gasteiger charge is -2.31. The second-order valence-corrected chi connectivity index (χ2v) is 10.1. The van der Waals surface area contributed by atoms with Gasteiger partial charge in [0.2, 0.25) is 5.91 Å². The molecular weight excluding hydrogens is 412 g/mol. The Morgan fingerprint density at radius 2 is 1.61 bits per heavy atom. The van der Waals surface area contributed by atoms with Crippen LogP contribution in [0.25, 0.3) is 0 Å². The third-order valence-electron chi connectivity index (χ3n) is 5.63.